The smallest absolute Gasteiger partial charge is 0.261 e. The van der Waals surface area contributed by atoms with Gasteiger partial charge in [0.05, 0.1) is 5.39 Å². The molecule has 0 spiro atoms. The second-order valence-corrected chi connectivity index (χ2v) is 5.21. The molecule has 18 heavy (non-hydrogen) atoms. The van der Waals surface area contributed by atoms with Crippen LogP contribution in [0.2, 0.25) is 0 Å². The van der Waals surface area contributed by atoms with E-state index in [0.717, 1.165) is 0 Å². The predicted molar refractivity (Wildman–Crippen MR) is 72.6 cm³/mol. The topological polar surface area (TPSA) is 22.0 Å². The highest BCUT2D eigenvalue weighted by molar-refractivity contribution is 5.83. The van der Waals surface area contributed by atoms with Gasteiger partial charge in [-0.05, 0) is 36.8 Å². The Morgan fingerprint density at radius 3 is 2.33 bits per heavy atom. The number of hydrogen-bond acceptors (Lipinski definition) is 1. The molecule has 2 aromatic rings. The lowest BCUT2D eigenvalue weighted by Crippen LogP contribution is -2.22. The molecule has 3 heteroatoms. The molecule has 0 aliphatic rings. The van der Waals surface area contributed by atoms with Crippen LogP contribution < -0.4 is 5.56 Å². The lowest BCUT2D eigenvalue weighted by atomic mass is 9.99. The number of pyridine rings is 1. The van der Waals surface area contributed by atoms with Gasteiger partial charge in [0.15, 0.2) is 0 Å². The molecule has 0 aliphatic carbocycles. The molecule has 1 heterocycles. The first kappa shape index (κ1) is 12.8. The van der Waals surface area contributed by atoms with Crippen molar-refractivity contribution in [2.24, 2.45) is 0 Å². The monoisotopic (exact) mass is 247 g/mol. The third-order valence-corrected chi connectivity index (χ3v) is 3.25. The summed E-state index contributed by atoms with van der Waals surface area (Å²) in [6, 6.07) is 5.41. The average molecular weight is 247 g/mol. The van der Waals surface area contributed by atoms with Crippen LogP contribution in [0.25, 0.3) is 10.8 Å². The van der Waals surface area contributed by atoms with E-state index < -0.39 is 0 Å². The Morgan fingerprint density at radius 1 is 1.11 bits per heavy atom. The van der Waals surface area contributed by atoms with Crippen LogP contribution in [0.15, 0.2) is 29.2 Å². The quantitative estimate of drug-likeness (QED) is 0.790. The van der Waals surface area contributed by atoms with Crippen molar-refractivity contribution in [3.63, 3.8) is 0 Å². The summed E-state index contributed by atoms with van der Waals surface area (Å²) in [4.78, 5) is 12.3. The summed E-state index contributed by atoms with van der Waals surface area (Å²) in [6.45, 7) is 7.68. The van der Waals surface area contributed by atoms with Gasteiger partial charge < -0.3 is 4.57 Å². The number of halogens is 1. The minimum absolute atomic E-state index is 0.0315. The zero-order chi connectivity index (χ0) is 13.4. The van der Waals surface area contributed by atoms with Gasteiger partial charge in [-0.2, -0.15) is 0 Å². The van der Waals surface area contributed by atoms with Crippen LogP contribution in [0.3, 0.4) is 0 Å². The maximum Gasteiger partial charge on any atom is 0.261 e. The van der Waals surface area contributed by atoms with Gasteiger partial charge in [0.25, 0.3) is 5.56 Å². The highest BCUT2D eigenvalue weighted by Crippen LogP contribution is 2.24. The van der Waals surface area contributed by atoms with Crippen molar-refractivity contribution in [2.75, 3.05) is 0 Å². The summed E-state index contributed by atoms with van der Waals surface area (Å²) in [6.07, 6.45) is 1.73. The van der Waals surface area contributed by atoms with Crippen molar-refractivity contribution in [1.29, 1.82) is 0 Å². The van der Waals surface area contributed by atoms with Crippen LogP contribution in [0, 0.1) is 5.82 Å². The SMILES string of the molecule is CC(C)c1ccc2ccn(C(C)C)c(=O)c2c1F. The molecule has 0 unspecified atom stereocenters. The minimum Gasteiger partial charge on any atom is -0.312 e. The highest BCUT2D eigenvalue weighted by Gasteiger charge is 2.14. The van der Waals surface area contributed by atoms with Crippen LogP contribution in [0.4, 0.5) is 4.39 Å². The largest absolute Gasteiger partial charge is 0.312 e. The van der Waals surface area contributed by atoms with Crippen molar-refractivity contribution >= 4 is 10.8 Å². The average Bonchev–Trinajstić information content (AvgIpc) is 2.28. The second-order valence-electron chi connectivity index (χ2n) is 5.21. The van der Waals surface area contributed by atoms with Crippen molar-refractivity contribution < 1.29 is 4.39 Å². The fourth-order valence-corrected chi connectivity index (χ4v) is 2.17. The molecule has 0 fully saturated rings. The Hall–Kier alpha value is -1.64. The first-order valence-electron chi connectivity index (χ1n) is 6.26. The van der Waals surface area contributed by atoms with E-state index in [1.807, 2.05) is 33.8 Å². The molecule has 0 bridgehead atoms. The third kappa shape index (κ3) is 1.94. The molecule has 0 aliphatic heterocycles. The molecule has 0 N–H and O–H groups in total. The van der Waals surface area contributed by atoms with Crippen LogP contribution >= 0.6 is 0 Å². The Labute approximate surface area is 106 Å². The summed E-state index contributed by atoms with van der Waals surface area (Å²) < 4.78 is 16.0. The van der Waals surface area contributed by atoms with Crippen molar-refractivity contribution in [2.45, 2.75) is 39.7 Å². The van der Waals surface area contributed by atoms with E-state index in [4.69, 9.17) is 0 Å². The predicted octanol–water partition coefficient (Wildman–Crippen LogP) is 3.84. The molecule has 1 aromatic heterocycles. The maximum absolute atomic E-state index is 14.4. The van der Waals surface area contributed by atoms with Crippen LogP contribution in [0.5, 0.6) is 0 Å². The normalized spacial score (nSPS) is 11.7. The van der Waals surface area contributed by atoms with Gasteiger partial charge in [-0.3, -0.25) is 4.79 Å². The lowest BCUT2D eigenvalue weighted by Gasteiger charge is -2.13. The zero-order valence-corrected chi connectivity index (χ0v) is 11.2. The molecule has 0 saturated carbocycles. The number of rotatable bonds is 2. The van der Waals surface area contributed by atoms with Gasteiger partial charge in [-0.25, -0.2) is 4.39 Å². The number of nitrogens with zero attached hydrogens (tertiary/aromatic N) is 1. The molecule has 96 valence electrons. The van der Waals surface area contributed by atoms with E-state index in [9.17, 15) is 9.18 Å². The van der Waals surface area contributed by atoms with E-state index in [1.165, 1.54) is 0 Å². The van der Waals surface area contributed by atoms with Gasteiger partial charge in [0.1, 0.15) is 5.82 Å². The summed E-state index contributed by atoms with van der Waals surface area (Å²) in [7, 11) is 0. The standard InChI is InChI=1S/C15H18FNO/c1-9(2)12-6-5-11-7-8-17(10(3)4)15(18)13(11)14(12)16/h5-10H,1-4H3. The van der Waals surface area contributed by atoms with Gasteiger partial charge in [0.2, 0.25) is 0 Å². The molecule has 1 aromatic carbocycles. The molecular weight excluding hydrogens is 229 g/mol. The zero-order valence-electron chi connectivity index (χ0n) is 11.2. The van der Waals surface area contributed by atoms with E-state index >= 15 is 0 Å². The Kier molecular flexibility index (Phi) is 3.24. The van der Waals surface area contributed by atoms with Gasteiger partial charge in [-0.15, -0.1) is 0 Å². The van der Waals surface area contributed by atoms with Crippen LogP contribution in [0.1, 0.15) is 45.2 Å². The molecule has 0 amide bonds. The summed E-state index contributed by atoms with van der Waals surface area (Å²) in [5.41, 5.74) is 0.351. The molecule has 0 radical (unpaired) electrons. The first-order chi connectivity index (χ1) is 8.43. The number of benzene rings is 1. The Morgan fingerprint density at radius 2 is 1.78 bits per heavy atom. The molecule has 0 saturated heterocycles. The Bertz CT molecular complexity index is 635. The lowest BCUT2D eigenvalue weighted by molar-refractivity contribution is 0.574. The number of aromatic nitrogens is 1. The number of fused-ring (bicyclic) bond motifs is 1. The van der Waals surface area contributed by atoms with Gasteiger partial charge in [-0.1, -0.05) is 26.0 Å². The van der Waals surface area contributed by atoms with E-state index in [0.29, 0.717) is 10.9 Å². The molecule has 0 atom stereocenters. The first-order valence-corrected chi connectivity index (χ1v) is 6.26. The van der Waals surface area contributed by atoms with Crippen molar-refractivity contribution in [3.8, 4) is 0 Å². The summed E-state index contributed by atoms with van der Waals surface area (Å²) in [5.74, 6) is -0.302. The van der Waals surface area contributed by atoms with E-state index in [2.05, 4.69) is 0 Å². The van der Waals surface area contributed by atoms with Crippen molar-refractivity contribution in [3.05, 3.63) is 46.1 Å². The fraction of sp³-hybridized carbons (Fsp3) is 0.400. The second kappa shape index (κ2) is 4.56. The fourth-order valence-electron chi connectivity index (χ4n) is 2.17. The number of hydrogen-bond donors (Lipinski definition) is 0. The summed E-state index contributed by atoms with van der Waals surface area (Å²) >= 11 is 0. The van der Waals surface area contributed by atoms with Gasteiger partial charge in [0, 0.05) is 12.2 Å². The molecular formula is C15H18FNO. The summed E-state index contributed by atoms with van der Waals surface area (Å²) in [5, 5.41) is 0.871. The maximum atomic E-state index is 14.4. The minimum atomic E-state index is -0.373. The molecule has 2 rings (SSSR count). The van der Waals surface area contributed by atoms with E-state index in [-0.39, 0.29) is 28.7 Å². The van der Waals surface area contributed by atoms with Crippen LogP contribution in [-0.4, -0.2) is 4.57 Å². The molecule has 2 nitrogen and oxygen atoms in total. The highest BCUT2D eigenvalue weighted by atomic mass is 19.1. The third-order valence-electron chi connectivity index (χ3n) is 3.25. The van der Waals surface area contributed by atoms with Gasteiger partial charge >= 0.3 is 0 Å². The van der Waals surface area contributed by atoms with Crippen molar-refractivity contribution in [1.82, 2.24) is 4.57 Å². The Balaban J connectivity index is 2.86. The van der Waals surface area contributed by atoms with Crippen LogP contribution in [-0.2, 0) is 0 Å². The van der Waals surface area contributed by atoms with E-state index in [1.54, 1.807) is 22.9 Å².